The highest BCUT2D eigenvalue weighted by Crippen LogP contribution is 1.92. The third-order valence-electron chi connectivity index (χ3n) is 1.50. The van der Waals surface area contributed by atoms with E-state index in [0.717, 1.165) is 26.2 Å². The van der Waals surface area contributed by atoms with E-state index in [-0.39, 0.29) is 0 Å². The lowest BCUT2D eigenvalue weighted by atomic mass is 10.4. The van der Waals surface area contributed by atoms with E-state index in [1.165, 1.54) is 0 Å². The molecule has 0 aliphatic carbocycles. The minimum Gasteiger partial charge on any atom is -0.304 e. The van der Waals surface area contributed by atoms with Crippen molar-refractivity contribution in [2.45, 2.75) is 0 Å². The van der Waals surface area contributed by atoms with Crippen molar-refractivity contribution in [2.75, 3.05) is 33.2 Å². The predicted molar refractivity (Wildman–Crippen MR) is 32.2 cm³/mol. The van der Waals surface area contributed by atoms with Gasteiger partial charge in [-0.3, -0.25) is 0 Å². The van der Waals surface area contributed by atoms with Crippen molar-refractivity contribution in [3.8, 4) is 0 Å². The van der Waals surface area contributed by atoms with Crippen LogP contribution in [0.5, 0.6) is 0 Å². The van der Waals surface area contributed by atoms with Gasteiger partial charge in [-0.2, -0.15) is 5.84 Å². The Balaban J connectivity index is 2.19. The van der Waals surface area contributed by atoms with Crippen molar-refractivity contribution < 1.29 is 0 Å². The van der Waals surface area contributed by atoms with Crippen LogP contribution in [0.1, 0.15) is 0 Å². The Kier molecular flexibility index (Phi) is 1.83. The molecule has 0 aromatic heterocycles. The lowest BCUT2D eigenvalue weighted by molar-refractivity contribution is 0.147. The molecule has 0 saturated carbocycles. The zero-order valence-corrected chi connectivity index (χ0v) is 5.22. The topological polar surface area (TPSA) is 30.3 Å². The summed E-state index contributed by atoms with van der Waals surface area (Å²) in [6, 6.07) is 0. The maximum atomic E-state index is 7.17. The van der Waals surface area contributed by atoms with E-state index >= 15 is 0 Å². The number of hydrogen-bond acceptors (Lipinski definition) is 2. The van der Waals surface area contributed by atoms with Crippen LogP contribution in [0.2, 0.25) is 0 Å². The predicted octanol–water partition coefficient (Wildman–Crippen LogP) is -0.568. The van der Waals surface area contributed by atoms with Gasteiger partial charge < -0.3 is 4.90 Å². The van der Waals surface area contributed by atoms with Crippen LogP contribution in [0.15, 0.2) is 0 Å². The second-order valence-corrected chi connectivity index (χ2v) is 2.29. The third kappa shape index (κ3) is 1.43. The van der Waals surface area contributed by atoms with Gasteiger partial charge in [0.25, 0.3) is 0 Å². The summed E-state index contributed by atoms with van der Waals surface area (Å²) in [7, 11) is 2.09. The summed E-state index contributed by atoms with van der Waals surface area (Å²) in [5, 5.41) is 1.61. The maximum Gasteiger partial charge on any atom is 0.0273 e. The molecule has 1 aliphatic heterocycles. The second-order valence-electron chi connectivity index (χ2n) is 2.29. The zero-order chi connectivity index (χ0) is 5.98. The quantitative estimate of drug-likeness (QED) is 0.422. The van der Waals surface area contributed by atoms with E-state index < -0.39 is 0 Å². The molecule has 0 atom stereocenters. The Hall–Kier alpha value is -0.120. The molecule has 1 radical (unpaired) electrons. The van der Waals surface area contributed by atoms with Gasteiger partial charge in [0.05, 0.1) is 0 Å². The molecule has 0 amide bonds. The summed E-state index contributed by atoms with van der Waals surface area (Å²) in [4.78, 5) is 2.24. The number of hydrogen-bond donors (Lipinski definition) is 0. The summed E-state index contributed by atoms with van der Waals surface area (Å²) in [5.74, 6) is 7.17. The van der Waals surface area contributed by atoms with Crippen LogP contribution in [0.3, 0.4) is 0 Å². The molecule has 0 bridgehead atoms. The molecule has 0 aromatic carbocycles. The monoisotopic (exact) mass is 114 g/mol. The molecular formula is C5H12N3. The van der Waals surface area contributed by atoms with Crippen molar-refractivity contribution in [1.82, 2.24) is 15.8 Å². The third-order valence-corrected chi connectivity index (χ3v) is 1.50. The SMILES string of the molecule is CN1CCN([NH])CC1. The van der Waals surface area contributed by atoms with Gasteiger partial charge in [-0.25, -0.2) is 5.01 Å². The smallest absolute Gasteiger partial charge is 0.0273 e. The summed E-state index contributed by atoms with van der Waals surface area (Å²) >= 11 is 0. The lowest BCUT2D eigenvalue weighted by Gasteiger charge is -2.27. The van der Waals surface area contributed by atoms with Gasteiger partial charge in [0.15, 0.2) is 0 Å². The molecule has 0 spiro atoms. The van der Waals surface area contributed by atoms with Gasteiger partial charge in [0.1, 0.15) is 0 Å². The molecule has 1 rings (SSSR count). The van der Waals surface area contributed by atoms with Crippen LogP contribution in [0.4, 0.5) is 0 Å². The molecule has 1 heterocycles. The number of nitrogens with zero attached hydrogens (tertiary/aromatic N) is 2. The normalized spacial score (nSPS) is 26.2. The average Bonchev–Trinajstić information content (AvgIpc) is 1.77. The second kappa shape index (κ2) is 2.44. The zero-order valence-electron chi connectivity index (χ0n) is 5.22. The molecule has 0 aromatic rings. The Morgan fingerprint density at radius 1 is 1.12 bits per heavy atom. The van der Waals surface area contributed by atoms with Gasteiger partial charge in [0.2, 0.25) is 0 Å². The Labute approximate surface area is 50.0 Å². The summed E-state index contributed by atoms with van der Waals surface area (Å²) in [6.07, 6.45) is 0. The Morgan fingerprint density at radius 2 is 1.62 bits per heavy atom. The Bertz CT molecular complexity index is 56.1. The minimum absolute atomic E-state index is 0.899. The van der Waals surface area contributed by atoms with Gasteiger partial charge in [0, 0.05) is 26.2 Å². The van der Waals surface area contributed by atoms with E-state index in [1.54, 1.807) is 5.01 Å². The van der Waals surface area contributed by atoms with Crippen molar-refractivity contribution in [1.29, 1.82) is 0 Å². The van der Waals surface area contributed by atoms with Crippen LogP contribution in [-0.4, -0.2) is 43.1 Å². The first kappa shape index (κ1) is 6.01. The highest BCUT2D eigenvalue weighted by atomic mass is 15.4. The summed E-state index contributed by atoms with van der Waals surface area (Å²) in [5.41, 5.74) is 0. The molecule has 1 N–H and O–H groups in total. The molecule has 0 unspecified atom stereocenters. The first-order chi connectivity index (χ1) is 3.79. The standard InChI is InChI=1S/C5H12N3/c1-7-2-4-8(6)5-3-7/h6H,2-5H2,1H3. The summed E-state index contributed by atoms with van der Waals surface area (Å²) < 4.78 is 0. The fourth-order valence-corrected chi connectivity index (χ4v) is 0.806. The Morgan fingerprint density at radius 3 is 2.00 bits per heavy atom. The van der Waals surface area contributed by atoms with Gasteiger partial charge in [-0.05, 0) is 7.05 Å². The van der Waals surface area contributed by atoms with Gasteiger partial charge in [-0.15, -0.1) is 0 Å². The number of nitrogens with one attached hydrogen (secondary N) is 1. The highest BCUT2D eigenvalue weighted by molar-refractivity contribution is 4.62. The maximum absolute atomic E-state index is 7.17. The van der Waals surface area contributed by atoms with Crippen LogP contribution < -0.4 is 5.84 Å². The van der Waals surface area contributed by atoms with Crippen molar-refractivity contribution >= 4 is 0 Å². The first-order valence-electron chi connectivity index (χ1n) is 2.94. The van der Waals surface area contributed by atoms with E-state index in [0.29, 0.717) is 0 Å². The van der Waals surface area contributed by atoms with Gasteiger partial charge in [-0.1, -0.05) is 0 Å². The lowest BCUT2D eigenvalue weighted by Crippen LogP contribution is -2.43. The van der Waals surface area contributed by atoms with E-state index in [1.807, 2.05) is 0 Å². The van der Waals surface area contributed by atoms with Crippen LogP contribution >= 0.6 is 0 Å². The largest absolute Gasteiger partial charge is 0.304 e. The van der Waals surface area contributed by atoms with Crippen LogP contribution in [0.25, 0.3) is 0 Å². The molecule has 1 saturated heterocycles. The fourth-order valence-electron chi connectivity index (χ4n) is 0.806. The molecule has 47 valence electrons. The van der Waals surface area contributed by atoms with Crippen LogP contribution in [0, 0.1) is 0 Å². The van der Waals surface area contributed by atoms with Crippen molar-refractivity contribution in [3.63, 3.8) is 0 Å². The van der Waals surface area contributed by atoms with Crippen molar-refractivity contribution in [2.24, 2.45) is 0 Å². The molecule has 1 fully saturated rings. The molecule has 1 aliphatic rings. The molecule has 3 heteroatoms. The summed E-state index contributed by atoms with van der Waals surface area (Å²) in [6.45, 7) is 3.89. The van der Waals surface area contributed by atoms with Gasteiger partial charge >= 0.3 is 0 Å². The average molecular weight is 114 g/mol. The first-order valence-corrected chi connectivity index (χ1v) is 2.94. The van der Waals surface area contributed by atoms with Crippen LogP contribution in [-0.2, 0) is 0 Å². The van der Waals surface area contributed by atoms with E-state index in [9.17, 15) is 0 Å². The molecule has 3 nitrogen and oxygen atoms in total. The van der Waals surface area contributed by atoms with Crippen molar-refractivity contribution in [3.05, 3.63) is 0 Å². The molecule has 8 heavy (non-hydrogen) atoms. The molecular weight excluding hydrogens is 102 g/mol. The fraction of sp³-hybridized carbons (Fsp3) is 1.00. The van der Waals surface area contributed by atoms with E-state index in [4.69, 9.17) is 5.84 Å². The number of piperazine rings is 1. The number of likely N-dealkylation sites (N-methyl/N-ethyl adjacent to an activating group) is 1. The number of rotatable bonds is 0. The van der Waals surface area contributed by atoms with E-state index in [2.05, 4.69) is 11.9 Å². The minimum atomic E-state index is 0.899. The highest BCUT2D eigenvalue weighted by Gasteiger charge is 2.08.